The number of nitrogens with one attached hydrogen (secondary N) is 1. The van der Waals surface area contributed by atoms with Gasteiger partial charge in [0.15, 0.2) is 0 Å². The normalized spacial score (nSPS) is 16.5. The first-order valence-corrected chi connectivity index (χ1v) is 5.93. The Balaban J connectivity index is 2.67. The fourth-order valence-corrected chi connectivity index (χ4v) is 2.50. The SMILES string of the molecule is COC(=O)NS(=O)(=O)N(CCO)C1CC1. The number of aliphatic hydroxyl groups is 1. The van der Waals surface area contributed by atoms with Crippen LogP contribution in [0.1, 0.15) is 12.8 Å². The summed E-state index contributed by atoms with van der Waals surface area (Å²) in [5.74, 6) is 0. The number of amides is 1. The first-order chi connectivity index (χ1) is 7.01. The molecule has 1 saturated carbocycles. The van der Waals surface area contributed by atoms with E-state index in [4.69, 9.17) is 5.11 Å². The smallest absolute Gasteiger partial charge is 0.421 e. The van der Waals surface area contributed by atoms with Crippen LogP contribution in [0.5, 0.6) is 0 Å². The lowest BCUT2D eigenvalue weighted by atomic mass is 10.6. The third-order valence-electron chi connectivity index (χ3n) is 1.98. The Labute approximate surface area is 88.2 Å². The fraction of sp³-hybridized carbons (Fsp3) is 0.857. The Morgan fingerprint density at radius 1 is 1.60 bits per heavy atom. The van der Waals surface area contributed by atoms with Crippen LogP contribution < -0.4 is 4.72 Å². The quantitative estimate of drug-likeness (QED) is 0.643. The zero-order valence-corrected chi connectivity index (χ0v) is 9.16. The Hall–Kier alpha value is -0.860. The minimum atomic E-state index is -3.88. The second-order valence-corrected chi connectivity index (χ2v) is 4.79. The maximum Gasteiger partial charge on any atom is 0.421 e. The summed E-state index contributed by atoms with van der Waals surface area (Å²) >= 11 is 0. The van der Waals surface area contributed by atoms with E-state index in [0.717, 1.165) is 24.3 Å². The molecule has 7 nitrogen and oxygen atoms in total. The number of aliphatic hydroxyl groups excluding tert-OH is 1. The maximum absolute atomic E-state index is 11.6. The van der Waals surface area contributed by atoms with E-state index in [1.54, 1.807) is 4.72 Å². The highest BCUT2D eigenvalue weighted by Crippen LogP contribution is 2.28. The molecule has 1 aliphatic rings. The van der Waals surface area contributed by atoms with E-state index >= 15 is 0 Å². The molecule has 1 rings (SSSR count). The van der Waals surface area contributed by atoms with Crippen molar-refractivity contribution in [2.45, 2.75) is 18.9 Å². The Morgan fingerprint density at radius 2 is 2.20 bits per heavy atom. The minimum Gasteiger partial charge on any atom is -0.452 e. The van der Waals surface area contributed by atoms with Gasteiger partial charge in [-0.05, 0) is 12.8 Å². The van der Waals surface area contributed by atoms with Gasteiger partial charge in [0.1, 0.15) is 0 Å². The third-order valence-corrected chi connectivity index (χ3v) is 3.50. The van der Waals surface area contributed by atoms with Gasteiger partial charge in [-0.3, -0.25) is 0 Å². The summed E-state index contributed by atoms with van der Waals surface area (Å²) in [6.45, 7) is -0.296. The van der Waals surface area contributed by atoms with Crippen LogP contribution in [0.4, 0.5) is 4.79 Å². The molecule has 0 aromatic heterocycles. The number of hydrogen-bond acceptors (Lipinski definition) is 5. The van der Waals surface area contributed by atoms with Crippen LogP contribution >= 0.6 is 0 Å². The van der Waals surface area contributed by atoms with Gasteiger partial charge in [-0.2, -0.15) is 12.7 Å². The Morgan fingerprint density at radius 3 is 2.60 bits per heavy atom. The maximum atomic E-state index is 11.6. The molecule has 88 valence electrons. The molecule has 0 spiro atoms. The van der Waals surface area contributed by atoms with Gasteiger partial charge in [-0.1, -0.05) is 0 Å². The summed E-state index contributed by atoms with van der Waals surface area (Å²) in [6.07, 6.45) is 0.475. The summed E-state index contributed by atoms with van der Waals surface area (Å²) in [5, 5.41) is 8.72. The first-order valence-electron chi connectivity index (χ1n) is 4.49. The van der Waals surface area contributed by atoms with E-state index in [-0.39, 0.29) is 19.2 Å². The average Bonchev–Trinajstić information content (AvgIpc) is 2.96. The number of ether oxygens (including phenoxy) is 1. The molecule has 2 N–H and O–H groups in total. The van der Waals surface area contributed by atoms with E-state index < -0.39 is 16.3 Å². The van der Waals surface area contributed by atoms with Crippen molar-refractivity contribution in [2.24, 2.45) is 0 Å². The van der Waals surface area contributed by atoms with Crippen LogP contribution in [0.25, 0.3) is 0 Å². The number of hydrogen-bond donors (Lipinski definition) is 2. The third kappa shape index (κ3) is 3.33. The first kappa shape index (κ1) is 12.2. The second kappa shape index (κ2) is 4.77. The van der Waals surface area contributed by atoms with E-state index in [2.05, 4.69) is 4.74 Å². The molecule has 0 heterocycles. The van der Waals surface area contributed by atoms with Gasteiger partial charge >= 0.3 is 16.3 Å². The molecule has 15 heavy (non-hydrogen) atoms. The predicted octanol–water partition coefficient (Wildman–Crippen LogP) is -0.956. The van der Waals surface area contributed by atoms with E-state index in [0.29, 0.717) is 0 Å². The molecule has 0 aromatic carbocycles. The topological polar surface area (TPSA) is 95.9 Å². The second-order valence-electron chi connectivity index (χ2n) is 3.16. The van der Waals surface area contributed by atoms with Gasteiger partial charge in [0.25, 0.3) is 0 Å². The molecule has 0 unspecified atom stereocenters. The van der Waals surface area contributed by atoms with Crippen molar-refractivity contribution in [1.82, 2.24) is 9.03 Å². The summed E-state index contributed by atoms with van der Waals surface area (Å²) in [6, 6.07) is -0.112. The van der Waals surface area contributed by atoms with Gasteiger partial charge in [0.2, 0.25) is 0 Å². The van der Waals surface area contributed by atoms with Gasteiger partial charge in [-0.15, -0.1) is 0 Å². The molecule has 1 amide bonds. The zero-order chi connectivity index (χ0) is 11.5. The highest BCUT2D eigenvalue weighted by Gasteiger charge is 2.37. The summed E-state index contributed by atoms with van der Waals surface area (Å²) in [4.78, 5) is 10.8. The number of carbonyl (C=O) groups is 1. The van der Waals surface area contributed by atoms with Crippen molar-refractivity contribution in [3.8, 4) is 0 Å². The monoisotopic (exact) mass is 238 g/mol. The van der Waals surface area contributed by atoms with Gasteiger partial charge in [0, 0.05) is 12.6 Å². The van der Waals surface area contributed by atoms with Crippen molar-refractivity contribution in [2.75, 3.05) is 20.3 Å². The van der Waals surface area contributed by atoms with Crippen molar-refractivity contribution < 1.29 is 23.1 Å². The number of carbonyl (C=O) groups excluding carboxylic acids is 1. The molecule has 1 aliphatic carbocycles. The molecule has 0 aromatic rings. The van der Waals surface area contributed by atoms with Crippen LogP contribution in [-0.4, -0.2) is 50.2 Å². The van der Waals surface area contributed by atoms with Crippen LogP contribution in [0.15, 0.2) is 0 Å². The van der Waals surface area contributed by atoms with Crippen molar-refractivity contribution in [1.29, 1.82) is 0 Å². The molecule has 0 saturated heterocycles. The van der Waals surface area contributed by atoms with E-state index in [1.165, 1.54) is 0 Å². The van der Waals surface area contributed by atoms with Crippen LogP contribution in [-0.2, 0) is 14.9 Å². The van der Waals surface area contributed by atoms with E-state index in [1.807, 2.05) is 0 Å². The number of methoxy groups -OCH3 is 1. The number of nitrogens with zero attached hydrogens (tertiary/aromatic N) is 1. The van der Waals surface area contributed by atoms with Crippen molar-refractivity contribution in [3.05, 3.63) is 0 Å². The molecular formula is C7H14N2O5S. The van der Waals surface area contributed by atoms with Crippen molar-refractivity contribution >= 4 is 16.3 Å². The molecule has 1 fully saturated rings. The average molecular weight is 238 g/mol. The highest BCUT2D eigenvalue weighted by molar-refractivity contribution is 7.87. The van der Waals surface area contributed by atoms with Gasteiger partial charge < -0.3 is 9.84 Å². The van der Waals surface area contributed by atoms with Crippen molar-refractivity contribution in [3.63, 3.8) is 0 Å². The molecular weight excluding hydrogens is 224 g/mol. The molecule has 8 heteroatoms. The summed E-state index contributed by atoms with van der Waals surface area (Å²) < 4.78 is 30.2. The lowest BCUT2D eigenvalue weighted by Crippen LogP contribution is -2.45. The Kier molecular flexibility index (Phi) is 3.89. The van der Waals surface area contributed by atoms with Crippen LogP contribution in [0, 0.1) is 0 Å². The predicted molar refractivity (Wildman–Crippen MR) is 51.3 cm³/mol. The zero-order valence-electron chi connectivity index (χ0n) is 8.34. The van der Waals surface area contributed by atoms with Gasteiger partial charge in [-0.25, -0.2) is 9.52 Å². The lowest BCUT2D eigenvalue weighted by molar-refractivity contribution is 0.176. The largest absolute Gasteiger partial charge is 0.452 e. The fourth-order valence-electron chi connectivity index (χ4n) is 1.17. The van der Waals surface area contributed by atoms with Gasteiger partial charge in [0.05, 0.1) is 13.7 Å². The minimum absolute atomic E-state index is 0.0169. The standard InChI is InChI=1S/C7H14N2O5S/c1-14-7(11)8-15(12,13)9(4-5-10)6-2-3-6/h6,10H,2-5H2,1H3,(H,8,11). The number of rotatable bonds is 5. The van der Waals surface area contributed by atoms with Crippen LogP contribution in [0.2, 0.25) is 0 Å². The molecule has 0 radical (unpaired) electrons. The van der Waals surface area contributed by atoms with E-state index in [9.17, 15) is 13.2 Å². The highest BCUT2D eigenvalue weighted by atomic mass is 32.2. The lowest BCUT2D eigenvalue weighted by Gasteiger charge is -2.20. The summed E-state index contributed by atoms with van der Waals surface area (Å²) in [7, 11) is -2.80. The molecule has 0 aliphatic heterocycles. The molecule has 0 atom stereocenters. The molecule has 0 bridgehead atoms. The van der Waals surface area contributed by atoms with Crippen LogP contribution in [0.3, 0.4) is 0 Å². The summed E-state index contributed by atoms with van der Waals surface area (Å²) in [5.41, 5.74) is 0. The Bertz CT molecular complexity index is 324.